The number of nitriles is 1. The molecule has 8 aromatic rings. The molecule has 4 aromatic heterocycles. The Morgan fingerprint density at radius 1 is 0.583 bits per heavy atom. The highest BCUT2D eigenvalue weighted by molar-refractivity contribution is 6.10. The Morgan fingerprint density at radius 3 is 1.56 bits per heavy atom. The van der Waals surface area contributed by atoms with E-state index in [0.29, 0.717) is 24.8 Å². The summed E-state index contributed by atoms with van der Waals surface area (Å²) in [4.78, 5) is 36.8. The summed E-state index contributed by atoms with van der Waals surface area (Å²) in [5, 5.41) is 16.3. The average Bonchev–Trinajstić information content (AvgIpc) is 3.85. The molecule has 0 fully saturated rings. The SMILES string of the molecule is N#CCCc1cc2cc[nH]c(=O)c2c2cc(-c3ccc[nH]3)ccc12.NCCCc1cc2cc[nH]c(=O)c2c2cc(-c3ccc[nH]3)ccc12. The van der Waals surface area contributed by atoms with Crippen molar-refractivity contribution >= 4 is 43.1 Å². The molecule has 0 aliphatic carbocycles. The molecule has 0 unspecified atom stereocenters. The maximum atomic E-state index is 12.4. The van der Waals surface area contributed by atoms with E-state index in [0.717, 1.165) is 78.6 Å². The number of pyridine rings is 2. The molecule has 4 heterocycles. The second-order valence-corrected chi connectivity index (χ2v) is 11.9. The zero-order valence-electron chi connectivity index (χ0n) is 26.3. The van der Waals surface area contributed by atoms with Crippen LogP contribution in [0.2, 0.25) is 0 Å². The van der Waals surface area contributed by atoms with E-state index in [-0.39, 0.29) is 11.1 Å². The molecular formula is C40H34N6O2. The van der Waals surface area contributed by atoms with Crippen LogP contribution in [0.3, 0.4) is 0 Å². The smallest absolute Gasteiger partial charge is 0.256 e. The van der Waals surface area contributed by atoms with Crippen molar-refractivity contribution in [3.8, 4) is 28.6 Å². The van der Waals surface area contributed by atoms with Gasteiger partial charge in [-0.1, -0.05) is 36.4 Å². The molecule has 0 aliphatic rings. The number of H-pyrrole nitrogens is 4. The third-order valence-corrected chi connectivity index (χ3v) is 8.89. The van der Waals surface area contributed by atoms with Gasteiger partial charge in [0.1, 0.15) is 0 Å². The van der Waals surface area contributed by atoms with Crippen LogP contribution in [-0.2, 0) is 12.8 Å². The molecule has 8 rings (SSSR count). The largest absolute Gasteiger partial charge is 0.361 e. The van der Waals surface area contributed by atoms with Gasteiger partial charge in [0.2, 0.25) is 0 Å². The van der Waals surface area contributed by atoms with Crippen LogP contribution < -0.4 is 16.9 Å². The molecule has 0 radical (unpaired) electrons. The van der Waals surface area contributed by atoms with Crippen LogP contribution in [0.4, 0.5) is 0 Å². The summed E-state index contributed by atoms with van der Waals surface area (Å²) in [7, 11) is 0. The number of aryl methyl sites for hydroxylation is 2. The highest BCUT2D eigenvalue weighted by Gasteiger charge is 2.13. The van der Waals surface area contributed by atoms with Crippen molar-refractivity contribution in [1.29, 1.82) is 5.26 Å². The number of aromatic nitrogens is 4. The number of hydrogen-bond acceptors (Lipinski definition) is 4. The Morgan fingerprint density at radius 2 is 1.10 bits per heavy atom. The maximum absolute atomic E-state index is 12.4. The van der Waals surface area contributed by atoms with Gasteiger partial charge in [0.05, 0.1) is 16.8 Å². The normalized spacial score (nSPS) is 11.2. The number of nitrogens with zero attached hydrogens (tertiary/aromatic N) is 1. The molecule has 0 atom stereocenters. The van der Waals surface area contributed by atoms with Crippen LogP contribution in [-0.4, -0.2) is 26.5 Å². The van der Waals surface area contributed by atoms with Crippen LogP contribution in [0.25, 0.3) is 65.6 Å². The molecular weight excluding hydrogens is 596 g/mol. The van der Waals surface area contributed by atoms with Gasteiger partial charge in [-0.2, -0.15) is 5.26 Å². The quantitative estimate of drug-likeness (QED) is 0.115. The standard InChI is InChI=1S/C20H19N3O.C20H15N3O/c2*21-8-1-3-13-11-15-7-10-23-20(24)19(15)17-12-14(5-6-16(13)17)18-4-2-9-22-18/h2,4-7,9-12,22H,1,3,8,21H2,(H,23,24);2,4-7,9-12,22H,1,3H2,(H,23,24). The third-order valence-electron chi connectivity index (χ3n) is 8.89. The van der Waals surface area contributed by atoms with E-state index in [9.17, 15) is 9.59 Å². The topological polar surface area (TPSA) is 147 Å². The Labute approximate surface area is 275 Å². The van der Waals surface area contributed by atoms with Crippen LogP contribution in [0.5, 0.6) is 0 Å². The molecule has 4 aromatic carbocycles. The predicted octanol–water partition coefficient (Wildman–Crippen LogP) is 7.70. The molecule has 0 aliphatic heterocycles. The molecule has 8 nitrogen and oxygen atoms in total. The fourth-order valence-corrected chi connectivity index (χ4v) is 6.63. The fraction of sp³-hybridized carbons (Fsp3) is 0.125. The lowest BCUT2D eigenvalue weighted by atomic mass is 9.94. The van der Waals surface area contributed by atoms with Gasteiger partial charge in [0.25, 0.3) is 11.1 Å². The first kappa shape index (κ1) is 30.5. The molecule has 0 spiro atoms. The highest BCUT2D eigenvalue weighted by Crippen LogP contribution is 2.32. The first-order valence-electron chi connectivity index (χ1n) is 16.0. The van der Waals surface area contributed by atoms with Crippen LogP contribution in [0, 0.1) is 11.3 Å². The van der Waals surface area contributed by atoms with E-state index >= 15 is 0 Å². The first-order valence-corrected chi connectivity index (χ1v) is 16.0. The van der Waals surface area contributed by atoms with Gasteiger partial charge in [-0.05, 0) is 129 Å². The van der Waals surface area contributed by atoms with Crippen molar-refractivity contribution in [3.05, 3.63) is 142 Å². The Hall–Kier alpha value is -6.17. The minimum absolute atomic E-state index is 0.0495. The molecule has 0 amide bonds. The predicted molar refractivity (Wildman–Crippen MR) is 195 cm³/mol. The number of nitrogens with one attached hydrogen (secondary N) is 4. The zero-order chi connectivity index (χ0) is 33.0. The van der Waals surface area contributed by atoms with Gasteiger partial charge in [0.15, 0.2) is 0 Å². The van der Waals surface area contributed by atoms with Gasteiger partial charge in [-0.15, -0.1) is 0 Å². The van der Waals surface area contributed by atoms with E-state index in [4.69, 9.17) is 11.0 Å². The second kappa shape index (κ2) is 13.3. The number of rotatable bonds is 7. The molecule has 236 valence electrons. The molecule has 6 N–H and O–H groups in total. The molecule has 0 bridgehead atoms. The highest BCUT2D eigenvalue weighted by atomic mass is 16.1. The molecule has 0 saturated carbocycles. The van der Waals surface area contributed by atoms with Crippen molar-refractivity contribution in [2.24, 2.45) is 5.73 Å². The Kier molecular flexibility index (Phi) is 8.44. The summed E-state index contributed by atoms with van der Waals surface area (Å²) >= 11 is 0. The van der Waals surface area contributed by atoms with E-state index in [1.165, 1.54) is 5.56 Å². The summed E-state index contributed by atoms with van der Waals surface area (Å²) < 4.78 is 0. The van der Waals surface area contributed by atoms with Gasteiger partial charge < -0.3 is 25.7 Å². The lowest BCUT2D eigenvalue weighted by molar-refractivity contribution is 0.838. The lowest BCUT2D eigenvalue weighted by Crippen LogP contribution is -2.06. The summed E-state index contributed by atoms with van der Waals surface area (Å²) in [6, 6.07) is 30.6. The summed E-state index contributed by atoms with van der Waals surface area (Å²) in [6.45, 7) is 0.662. The van der Waals surface area contributed by atoms with Crippen molar-refractivity contribution in [2.45, 2.75) is 25.7 Å². The van der Waals surface area contributed by atoms with Gasteiger partial charge in [-0.25, -0.2) is 0 Å². The fourth-order valence-electron chi connectivity index (χ4n) is 6.63. The lowest BCUT2D eigenvalue weighted by Gasteiger charge is -2.11. The van der Waals surface area contributed by atoms with Crippen LogP contribution >= 0.6 is 0 Å². The summed E-state index contributed by atoms with van der Waals surface area (Å²) in [5.41, 5.74) is 12.1. The Bertz CT molecular complexity index is 2550. The third kappa shape index (κ3) is 5.79. The first-order chi connectivity index (χ1) is 23.6. The number of hydrogen-bond donors (Lipinski definition) is 5. The minimum atomic E-state index is -0.0898. The Balaban J connectivity index is 0.000000152. The van der Waals surface area contributed by atoms with Gasteiger partial charge in [-0.3, -0.25) is 9.59 Å². The van der Waals surface area contributed by atoms with Crippen LogP contribution in [0.1, 0.15) is 24.0 Å². The van der Waals surface area contributed by atoms with E-state index in [1.54, 1.807) is 12.4 Å². The van der Waals surface area contributed by atoms with Crippen molar-refractivity contribution in [1.82, 2.24) is 19.9 Å². The number of benzene rings is 4. The second-order valence-electron chi connectivity index (χ2n) is 11.9. The van der Waals surface area contributed by atoms with Crippen molar-refractivity contribution < 1.29 is 0 Å². The number of nitrogens with two attached hydrogens (primary N) is 1. The maximum Gasteiger partial charge on any atom is 0.256 e. The van der Waals surface area contributed by atoms with E-state index in [1.807, 2.05) is 67.0 Å². The molecule has 0 saturated heterocycles. The van der Waals surface area contributed by atoms with Crippen molar-refractivity contribution in [3.63, 3.8) is 0 Å². The minimum Gasteiger partial charge on any atom is -0.361 e. The van der Waals surface area contributed by atoms with E-state index in [2.05, 4.69) is 56.3 Å². The molecule has 48 heavy (non-hydrogen) atoms. The van der Waals surface area contributed by atoms with E-state index < -0.39 is 0 Å². The monoisotopic (exact) mass is 630 g/mol. The number of aromatic amines is 4. The van der Waals surface area contributed by atoms with Gasteiger partial charge >= 0.3 is 0 Å². The average molecular weight is 631 g/mol. The number of fused-ring (bicyclic) bond motifs is 6. The zero-order valence-corrected chi connectivity index (χ0v) is 26.3. The van der Waals surface area contributed by atoms with Crippen molar-refractivity contribution in [2.75, 3.05) is 6.54 Å². The summed E-state index contributed by atoms with van der Waals surface area (Å²) in [5.74, 6) is 0. The van der Waals surface area contributed by atoms with Crippen LogP contribution in [0.15, 0.2) is 119 Å². The summed E-state index contributed by atoms with van der Waals surface area (Å²) in [6.07, 6.45) is 10.1. The van der Waals surface area contributed by atoms with Gasteiger partial charge in [0, 0.05) is 42.6 Å². The molecule has 8 heteroatoms.